The molecule has 0 spiro atoms. The number of ether oxygens (including phenoxy) is 1. The summed E-state index contributed by atoms with van der Waals surface area (Å²) in [4.78, 5) is 12.8. The first-order valence-corrected chi connectivity index (χ1v) is 15.3. The van der Waals surface area contributed by atoms with Crippen molar-refractivity contribution in [2.75, 3.05) is 17.2 Å². The number of nitrogens with one attached hydrogen (secondary N) is 2. The van der Waals surface area contributed by atoms with Crippen molar-refractivity contribution in [3.05, 3.63) is 77.8 Å². The molecule has 0 saturated carbocycles. The van der Waals surface area contributed by atoms with Gasteiger partial charge in [-0.15, -0.1) is 0 Å². The molecule has 0 aliphatic rings. The van der Waals surface area contributed by atoms with Gasteiger partial charge in [-0.1, -0.05) is 79.8 Å². The third kappa shape index (κ3) is 6.05. The van der Waals surface area contributed by atoms with E-state index in [2.05, 4.69) is 30.3 Å². The number of hydrogen-bond donors (Lipinski definition) is 2. The maximum atomic E-state index is 12.8. The van der Waals surface area contributed by atoms with Gasteiger partial charge in [-0.2, -0.15) is 5.10 Å². The lowest BCUT2D eigenvalue weighted by Crippen LogP contribution is -2.22. The van der Waals surface area contributed by atoms with Crippen molar-refractivity contribution in [3.63, 3.8) is 0 Å². The molecule has 0 saturated heterocycles. The van der Waals surface area contributed by atoms with Crippen molar-refractivity contribution in [2.45, 2.75) is 32.4 Å². The van der Waals surface area contributed by atoms with Gasteiger partial charge >= 0.3 is 6.03 Å². The largest absolute Gasteiger partial charge is 0.360 e. The van der Waals surface area contributed by atoms with E-state index in [4.69, 9.17) is 21.4 Å². The Kier molecular flexibility index (Phi) is 7.36. The summed E-state index contributed by atoms with van der Waals surface area (Å²) >= 11 is 6.51. The fourth-order valence-corrected chi connectivity index (χ4v) is 4.59. The van der Waals surface area contributed by atoms with Crippen LogP contribution in [0.5, 0.6) is 0 Å². The highest BCUT2D eigenvalue weighted by Crippen LogP contribution is 2.36. The number of carbonyl (C=O) groups excluding carboxylic acids is 1. The van der Waals surface area contributed by atoms with Gasteiger partial charge in [0.1, 0.15) is 6.73 Å². The summed E-state index contributed by atoms with van der Waals surface area (Å²) in [7, 11) is -1.21. The van der Waals surface area contributed by atoms with Crippen molar-refractivity contribution in [1.29, 1.82) is 0 Å². The second-order valence-electron chi connectivity index (χ2n) is 9.35. The number of para-hydroxylation sites is 1. The summed E-state index contributed by atoms with van der Waals surface area (Å²) in [5, 5.41) is 11.9. The maximum absolute atomic E-state index is 12.8. The lowest BCUT2D eigenvalue weighted by atomic mass is 10.0. The first-order chi connectivity index (χ1) is 16.3. The molecule has 1 aromatic heterocycles. The van der Waals surface area contributed by atoms with Crippen LogP contribution >= 0.6 is 11.6 Å². The molecule has 4 rings (SSSR count). The first kappa shape index (κ1) is 24.0. The number of aromatic nitrogens is 2. The molecule has 0 unspecified atom stereocenters. The fourth-order valence-electron chi connectivity index (χ4n) is 3.62. The Hall–Kier alpha value is -3.13. The minimum atomic E-state index is -1.21. The van der Waals surface area contributed by atoms with Crippen LogP contribution in [0.1, 0.15) is 0 Å². The smallest absolute Gasteiger partial charge is 0.324 e. The highest BCUT2D eigenvalue weighted by molar-refractivity contribution is 6.76. The molecule has 3 aromatic carbocycles. The van der Waals surface area contributed by atoms with Gasteiger partial charge in [0, 0.05) is 25.4 Å². The summed E-state index contributed by atoms with van der Waals surface area (Å²) in [6.45, 7) is 7.90. The van der Waals surface area contributed by atoms with E-state index in [9.17, 15) is 4.79 Å². The Morgan fingerprint density at radius 3 is 2.35 bits per heavy atom. The van der Waals surface area contributed by atoms with E-state index in [1.807, 2.05) is 72.8 Å². The SMILES string of the molecule is C[Si](C)(C)CCOCn1nc(NC(=O)Nc2ccccc2)c2c(-c3ccccc3)cc(Cl)cc21. The first-order valence-electron chi connectivity index (χ1n) is 11.3. The number of halogens is 1. The number of anilines is 2. The lowest BCUT2D eigenvalue weighted by Gasteiger charge is -2.15. The van der Waals surface area contributed by atoms with Crippen molar-refractivity contribution < 1.29 is 9.53 Å². The van der Waals surface area contributed by atoms with Crippen molar-refractivity contribution in [1.82, 2.24) is 9.78 Å². The zero-order chi connectivity index (χ0) is 24.1. The second-order valence-corrected chi connectivity index (χ2v) is 15.4. The van der Waals surface area contributed by atoms with Crippen LogP contribution in [0.4, 0.5) is 16.3 Å². The van der Waals surface area contributed by atoms with Gasteiger partial charge < -0.3 is 10.1 Å². The summed E-state index contributed by atoms with van der Waals surface area (Å²) in [6.07, 6.45) is 0. The molecule has 2 amide bonds. The molecule has 1 heterocycles. The molecular formula is C26H29ClN4O2Si. The predicted molar refractivity (Wildman–Crippen MR) is 143 cm³/mol. The van der Waals surface area contributed by atoms with Crippen molar-refractivity contribution >= 4 is 48.1 Å². The van der Waals surface area contributed by atoms with Gasteiger partial charge in [0.15, 0.2) is 5.82 Å². The monoisotopic (exact) mass is 492 g/mol. The molecule has 0 aliphatic carbocycles. The normalized spacial score (nSPS) is 11.5. The molecule has 6 nitrogen and oxygen atoms in total. The van der Waals surface area contributed by atoms with E-state index < -0.39 is 8.07 Å². The fraction of sp³-hybridized carbons (Fsp3) is 0.231. The maximum Gasteiger partial charge on any atom is 0.324 e. The van der Waals surface area contributed by atoms with E-state index in [1.54, 1.807) is 4.68 Å². The van der Waals surface area contributed by atoms with Gasteiger partial charge in [-0.25, -0.2) is 9.48 Å². The lowest BCUT2D eigenvalue weighted by molar-refractivity contribution is 0.0819. The average molecular weight is 493 g/mol. The van der Waals surface area contributed by atoms with Gasteiger partial charge in [0.25, 0.3) is 0 Å². The number of rotatable bonds is 8. The number of benzene rings is 3. The van der Waals surface area contributed by atoms with Crippen LogP contribution in [0.15, 0.2) is 72.8 Å². The van der Waals surface area contributed by atoms with E-state index in [-0.39, 0.29) is 12.8 Å². The highest BCUT2D eigenvalue weighted by atomic mass is 35.5. The Morgan fingerprint density at radius 1 is 1.00 bits per heavy atom. The molecule has 0 radical (unpaired) electrons. The summed E-state index contributed by atoms with van der Waals surface area (Å²) in [6, 6.07) is 23.7. The molecule has 0 bridgehead atoms. The quantitative estimate of drug-likeness (QED) is 0.200. The zero-order valence-corrected chi connectivity index (χ0v) is 21.4. The molecule has 0 aliphatic heterocycles. The van der Waals surface area contributed by atoms with E-state index in [1.165, 1.54) is 0 Å². The summed E-state index contributed by atoms with van der Waals surface area (Å²) < 4.78 is 7.73. The minimum Gasteiger partial charge on any atom is -0.360 e. The van der Waals surface area contributed by atoms with Gasteiger partial charge in [-0.05, 0) is 41.4 Å². The van der Waals surface area contributed by atoms with Gasteiger partial charge in [-0.3, -0.25) is 5.32 Å². The number of hydrogen-bond acceptors (Lipinski definition) is 3. The number of carbonyl (C=O) groups is 1. The van der Waals surface area contributed by atoms with Crippen LogP contribution in [-0.2, 0) is 11.5 Å². The third-order valence-electron chi connectivity index (χ3n) is 5.38. The number of urea groups is 1. The summed E-state index contributed by atoms with van der Waals surface area (Å²) in [5.41, 5.74) is 3.38. The molecular weight excluding hydrogens is 464 g/mol. The molecule has 2 N–H and O–H groups in total. The molecule has 0 atom stereocenters. The standard InChI is InChI=1S/C26H29ClN4O2Si/c1-34(2,3)15-14-33-18-31-23-17-20(27)16-22(19-10-6-4-7-11-19)24(23)25(30-31)29-26(32)28-21-12-8-5-9-13-21/h4-13,16-17H,14-15,18H2,1-3H3,(H2,28,29,30,32). The second kappa shape index (κ2) is 10.4. The zero-order valence-electron chi connectivity index (χ0n) is 19.6. The predicted octanol–water partition coefficient (Wildman–Crippen LogP) is 7.31. The Labute approximate surface area is 205 Å². The molecule has 0 fully saturated rings. The van der Waals surface area contributed by atoms with Gasteiger partial charge in [0.2, 0.25) is 0 Å². The highest BCUT2D eigenvalue weighted by Gasteiger charge is 2.19. The van der Waals surface area contributed by atoms with Crippen LogP contribution < -0.4 is 10.6 Å². The van der Waals surface area contributed by atoms with Crippen LogP contribution in [0.25, 0.3) is 22.0 Å². The minimum absolute atomic E-state index is 0.275. The Bertz CT molecular complexity index is 1270. The molecule has 176 valence electrons. The van der Waals surface area contributed by atoms with E-state index >= 15 is 0 Å². The van der Waals surface area contributed by atoms with Gasteiger partial charge in [0.05, 0.1) is 10.9 Å². The van der Waals surface area contributed by atoms with Crippen LogP contribution in [0.2, 0.25) is 30.7 Å². The topological polar surface area (TPSA) is 68.2 Å². The average Bonchev–Trinajstić information content (AvgIpc) is 3.13. The van der Waals surface area contributed by atoms with E-state index in [0.29, 0.717) is 23.1 Å². The van der Waals surface area contributed by atoms with Crippen LogP contribution in [0, 0.1) is 0 Å². The van der Waals surface area contributed by atoms with Crippen molar-refractivity contribution in [3.8, 4) is 11.1 Å². The number of fused-ring (bicyclic) bond motifs is 1. The molecule has 34 heavy (non-hydrogen) atoms. The number of amides is 2. The van der Waals surface area contributed by atoms with Crippen molar-refractivity contribution in [2.24, 2.45) is 0 Å². The summed E-state index contributed by atoms with van der Waals surface area (Å²) in [5.74, 6) is 0.452. The Balaban J connectivity index is 1.69. The van der Waals surface area contributed by atoms with E-state index in [0.717, 1.165) is 28.1 Å². The number of nitrogens with zero attached hydrogens (tertiary/aromatic N) is 2. The van der Waals surface area contributed by atoms with Crippen LogP contribution in [0.3, 0.4) is 0 Å². The molecule has 4 aromatic rings. The van der Waals surface area contributed by atoms with Crippen LogP contribution in [-0.4, -0.2) is 30.5 Å². The Morgan fingerprint density at radius 2 is 1.68 bits per heavy atom. The molecule has 8 heteroatoms. The third-order valence-corrected chi connectivity index (χ3v) is 7.30.